The summed E-state index contributed by atoms with van der Waals surface area (Å²) in [5.41, 5.74) is 3.47. The van der Waals surface area contributed by atoms with Gasteiger partial charge in [0.15, 0.2) is 0 Å². The Labute approximate surface area is 172 Å². The van der Waals surface area contributed by atoms with Crippen LogP contribution in [0, 0.1) is 0 Å². The van der Waals surface area contributed by atoms with Crippen LogP contribution in [0.1, 0.15) is 31.2 Å². The fraction of sp³-hybridized carbons (Fsp3) is 0.417. The predicted molar refractivity (Wildman–Crippen MR) is 117 cm³/mol. The van der Waals surface area contributed by atoms with Crippen LogP contribution >= 0.6 is 0 Å². The topological polar surface area (TPSA) is 50.2 Å². The first kappa shape index (κ1) is 19.6. The second-order valence-corrected chi connectivity index (χ2v) is 7.97. The lowest BCUT2D eigenvalue weighted by molar-refractivity contribution is -0.122. The number of benzene rings is 2. The third kappa shape index (κ3) is 5.45. The van der Waals surface area contributed by atoms with Crippen molar-refractivity contribution in [2.24, 2.45) is 0 Å². The number of imidazole rings is 1. The van der Waals surface area contributed by atoms with Gasteiger partial charge in [0.25, 0.3) is 0 Å². The van der Waals surface area contributed by atoms with E-state index in [1.54, 1.807) is 0 Å². The maximum Gasteiger partial charge on any atom is 0.222 e. The molecule has 1 atom stereocenters. The summed E-state index contributed by atoms with van der Waals surface area (Å²) in [5, 5.41) is 3.25. The summed E-state index contributed by atoms with van der Waals surface area (Å²) in [6.07, 6.45) is 6.83. The number of amides is 1. The van der Waals surface area contributed by atoms with Gasteiger partial charge in [-0.1, -0.05) is 42.5 Å². The van der Waals surface area contributed by atoms with E-state index in [0.29, 0.717) is 13.0 Å². The number of hydrogen-bond acceptors (Lipinski definition) is 3. The molecule has 1 fully saturated rings. The average Bonchev–Trinajstić information content (AvgIpc) is 3.17. The molecule has 2 aromatic carbocycles. The quantitative estimate of drug-likeness (QED) is 0.639. The molecule has 5 heteroatoms. The minimum Gasteiger partial charge on any atom is -0.352 e. The molecule has 152 valence electrons. The molecule has 0 saturated carbocycles. The van der Waals surface area contributed by atoms with E-state index in [4.69, 9.17) is 0 Å². The van der Waals surface area contributed by atoms with Crippen LogP contribution in [-0.4, -0.2) is 46.0 Å². The molecule has 5 nitrogen and oxygen atoms in total. The second-order valence-electron chi connectivity index (χ2n) is 7.97. The Bertz CT molecular complexity index is 921. The minimum atomic E-state index is 0.138. The number of likely N-dealkylation sites (tertiary alicyclic amines) is 1. The van der Waals surface area contributed by atoms with Gasteiger partial charge in [0.2, 0.25) is 5.91 Å². The maximum absolute atomic E-state index is 12.5. The van der Waals surface area contributed by atoms with Gasteiger partial charge in [-0.25, -0.2) is 4.98 Å². The minimum absolute atomic E-state index is 0.138. The molecule has 29 heavy (non-hydrogen) atoms. The highest BCUT2D eigenvalue weighted by atomic mass is 16.1. The lowest BCUT2D eigenvalue weighted by Crippen LogP contribution is -2.48. The van der Waals surface area contributed by atoms with Gasteiger partial charge in [-0.15, -0.1) is 0 Å². The van der Waals surface area contributed by atoms with Crippen molar-refractivity contribution in [3.63, 3.8) is 0 Å². The molecule has 0 bridgehead atoms. The number of carbonyl (C=O) groups excluding carboxylic acids is 1. The molecule has 1 N–H and O–H groups in total. The molecule has 0 radical (unpaired) electrons. The monoisotopic (exact) mass is 390 g/mol. The highest BCUT2D eigenvalue weighted by Crippen LogP contribution is 2.14. The van der Waals surface area contributed by atoms with Crippen molar-refractivity contribution in [2.45, 2.75) is 44.7 Å². The number of nitrogens with zero attached hydrogens (tertiary/aromatic N) is 3. The summed E-state index contributed by atoms with van der Waals surface area (Å²) < 4.78 is 2.06. The van der Waals surface area contributed by atoms with Crippen molar-refractivity contribution >= 4 is 16.9 Å². The smallest absolute Gasteiger partial charge is 0.222 e. The third-order valence-corrected chi connectivity index (χ3v) is 5.76. The van der Waals surface area contributed by atoms with Gasteiger partial charge in [0.05, 0.1) is 17.4 Å². The summed E-state index contributed by atoms with van der Waals surface area (Å²) in [4.78, 5) is 19.4. The van der Waals surface area contributed by atoms with Crippen LogP contribution in [0.2, 0.25) is 0 Å². The summed E-state index contributed by atoms with van der Waals surface area (Å²) in [7, 11) is 0. The number of rotatable bonds is 8. The van der Waals surface area contributed by atoms with Crippen molar-refractivity contribution < 1.29 is 4.79 Å². The fourth-order valence-corrected chi connectivity index (χ4v) is 4.24. The summed E-state index contributed by atoms with van der Waals surface area (Å²) in [5.74, 6) is 0.138. The molecule has 0 spiro atoms. The number of aromatic nitrogens is 2. The molecule has 0 aliphatic carbocycles. The standard InChI is InChI=1S/C24H30N4O/c29-24(14-17-28-19-25-22-12-4-5-13-23(22)28)26-21-11-7-16-27(18-21)15-6-10-20-8-2-1-3-9-20/h1-5,8-9,12-13,19,21H,6-7,10-11,14-18H2,(H,26,29)/t21-/m1/s1. The zero-order valence-electron chi connectivity index (χ0n) is 17.0. The molecule has 0 unspecified atom stereocenters. The number of hydrogen-bond donors (Lipinski definition) is 1. The van der Waals surface area contributed by atoms with Gasteiger partial charge in [0.1, 0.15) is 0 Å². The van der Waals surface area contributed by atoms with Crippen LogP contribution < -0.4 is 5.32 Å². The van der Waals surface area contributed by atoms with E-state index in [2.05, 4.69) is 56.2 Å². The molecule has 1 aromatic heterocycles. The Morgan fingerprint density at radius 1 is 1.07 bits per heavy atom. The van der Waals surface area contributed by atoms with Crippen molar-refractivity contribution in [1.29, 1.82) is 0 Å². The first-order chi connectivity index (χ1) is 14.3. The maximum atomic E-state index is 12.5. The van der Waals surface area contributed by atoms with Crippen LogP contribution in [0.25, 0.3) is 11.0 Å². The molecule has 1 amide bonds. The van der Waals surface area contributed by atoms with Gasteiger partial charge in [-0.05, 0) is 56.5 Å². The van der Waals surface area contributed by atoms with E-state index in [9.17, 15) is 4.79 Å². The van der Waals surface area contributed by atoms with E-state index in [0.717, 1.165) is 49.9 Å². The van der Waals surface area contributed by atoms with Gasteiger partial charge in [0, 0.05) is 25.6 Å². The van der Waals surface area contributed by atoms with E-state index < -0.39 is 0 Å². The Morgan fingerprint density at radius 2 is 1.90 bits per heavy atom. The number of carbonyl (C=O) groups is 1. The fourth-order valence-electron chi connectivity index (χ4n) is 4.24. The first-order valence-electron chi connectivity index (χ1n) is 10.7. The normalized spacial score (nSPS) is 17.4. The van der Waals surface area contributed by atoms with Crippen molar-refractivity contribution in [3.8, 4) is 0 Å². The van der Waals surface area contributed by atoms with Crippen LogP contribution in [-0.2, 0) is 17.8 Å². The third-order valence-electron chi connectivity index (χ3n) is 5.76. The van der Waals surface area contributed by atoms with Crippen LogP contribution in [0.5, 0.6) is 0 Å². The SMILES string of the molecule is O=C(CCn1cnc2ccccc21)N[C@@H]1CCCN(CCCc2ccccc2)C1. The van der Waals surface area contributed by atoms with E-state index in [1.165, 1.54) is 12.0 Å². The second kappa shape index (κ2) is 9.70. The molecular weight excluding hydrogens is 360 g/mol. The van der Waals surface area contributed by atoms with E-state index in [1.807, 2.05) is 24.5 Å². The zero-order valence-corrected chi connectivity index (χ0v) is 17.0. The molecular formula is C24H30N4O. The van der Waals surface area contributed by atoms with Gasteiger partial charge < -0.3 is 14.8 Å². The van der Waals surface area contributed by atoms with Crippen LogP contribution in [0.4, 0.5) is 0 Å². The van der Waals surface area contributed by atoms with Crippen LogP contribution in [0.15, 0.2) is 60.9 Å². The summed E-state index contributed by atoms with van der Waals surface area (Å²) in [6.45, 7) is 3.87. The van der Waals surface area contributed by atoms with Crippen molar-refractivity contribution in [1.82, 2.24) is 19.8 Å². The highest BCUT2D eigenvalue weighted by Gasteiger charge is 2.21. The Kier molecular flexibility index (Phi) is 6.57. The Balaban J connectivity index is 1.20. The summed E-state index contributed by atoms with van der Waals surface area (Å²) in [6, 6.07) is 19.0. The lowest BCUT2D eigenvalue weighted by atomic mass is 10.0. The van der Waals surface area contributed by atoms with Crippen LogP contribution in [0.3, 0.4) is 0 Å². The van der Waals surface area contributed by atoms with Gasteiger partial charge >= 0.3 is 0 Å². The first-order valence-corrected chi connectivity index (χ1v) is 10.7. The van der Waals surface area contributed by atoms with E-state index in [-0.39, 0.29) is 11.9 Å². The zero-order chi connectivity index (χ0) is 19.9. The number of piperidine rings is 1. The van der Waals surface area contributed by atoms with E-state index >= 15 is 0 Å². The number of para-hydroxylation sites is 2. The van der Waals surface area contributed by atoms with Crippen molar-refractivity contribution in [2.75, 3.05) is 19.6 Å². The molecule has 1 aliphatic rings. The Morgan fingerprint density at radius 3 is 2.79 bits per heavy atom. The molecule has 2 heterocycles. The number of nitrogens with one attached hydrogen (secondary N) is 1. The average molecular weight is 391 g/mol. The molecule has 1 saturated heterocycles. The molecule has 3 aromatic rings. The van der Waals surface area contributed by atoms with Gasteiger partial charge in [-0.3, -0.25) is 4.79 Å². The van der Waals surface area contributed by atoms with Crippen molar-refractivity contribution in [3.05, 3.63) is 66.5 Å². The number of aryl methyl sites for hydroxylation is 2. The molecule has 1 aliphatic heterocycles. The largest absolute Gasteiger partial charge is 0.352 e. The lowest BCUT2D eigenvalue weighted by Gasteiger charge is -2.33. The number of fused-ring (bicyclic) bond motifs is 1. The summed E-state index contributed by atoms with van der Waals surface area (Å²) >= 11 is 0. The van der Waals surface area contributed by atoms with Gasteiger partial charge in [-0.2, -0.15) is 0 Å². The highest BCUT2D eigenvalue weighted by molar-refractivity contribution is 5.77. The Hall–Kier alpha value is -2.66. The predicted octanol–water partition coefficient (Wildman–Crippen LogP) is 3.64. The molecule has 4 rings (SSSR count).